The van der Waals surface area contributed by atoms with Crippen LogP contribution in [0, 0.1) is 37.5 Å². The van der Waals surface area contributed by atoms with E-state index in [9.17, 15) is 9.59 Å². The quantitative estimate of drug-likeness (QED) is 0.618. The maximum absolute atomic E-state index is 12.3. The van der Waals surface area contributed by atoms with Crippen molar-refractivity contribution < 1.29 is 9.59 Å². The van der Waals surface area contributed by atoms with E-state index >= 15 is 0 Å². The Hall–Kier alpha value is -3.22. The molecular formula is C20H15N3O2S. The van der Waals surface area contributed by atoms with E-state index in [4.69, 9.17) is 11.7 Å². The zero-order chi connectivity index (χ0) is 18.8. The molecule has 1 aliphatic rings. The van der Waals surface area contributed by atoms with Crippen molar-refractivity contribution in [2.24, 2.45) is 0 Å². The topological polar surface area (TPSA) is 66.1 Å². The fourth-order valence-corrected chi connectivity index (χ4v) is 3.71. The molecule has 1 saturated heterocycles. The van der Waals surface area contributed by atoms with E-state index in [1.54, 1.807) is 18.2 Å². The molecule has 0 spiro atoms. The fourth-order valence-electron chi connectivity index (χ4n) is 2.88. The summed E-state index contributed by atoms with van der Waals surface area (Å²) in [5, 5.41) is 8.59. The molecule has 2 heterocycles. The van der Waals surface area contributed by atoms with Crippen molar-refractivity contribution in [3.05, 3.63) is 57.8 Å². The molecule has 1 aromatic heterocycles. The van der Waals surface area contributed by atoms with Crippen LogP contribution in [-0.4, -0.2) is 27.2 Å². The largest absolute Gasteiger partial charge is 0.318 e. The molecule has 1 fully saturated rings. The monoisotopic (exact) mass is 361 g/mol. The van der Waals surface area contributed by atoms with Crippen molar-refractivity contribution in [3.63, 3.8) is 0 Å². The van der Waals surface area contributed by atoms with Gasteiger partial charge in [0, 0.05) is 17.1 Å². The van der Waals surface area contributed by atoms with E-state index < -0.39 is 0 Å². The molecular weight excluding hydrogens is 346 g/mol. The number of aromatic nitrogens is 1. The minimum atomic E-state index is -0.360. The predicted octanol–water partition coefficient (Wildman–Crippen LogP) is 3.64. The molecule has 3 rings (SSSR count). The highest BCUT2D eigenvalue weighted by atomic mass is 32.2. The van der Waals surface area contributed by atoms with E-state index in [-0.39, 0.29) is 17.7 Å². The van der Waals surface area contributed by atoms with Crippen molar-refractivity contribution in [1.82, 2.24) is 9.47 Å². The van der Waals surface area contributed by atoms with Gasteiger partial charge < -0.3 is 4.57 Å². The van der Waals surface area contributed by atoms with Gasteiger partial charge in [-0.3, -0.25) is 14.5 Å². The minimum absolute atomic E-state index is 0.0216. The van der Waals surface area contributed by atoms with Crippen LogP contribution in [0.25, 0.3) is 11.8 Å². The molecule has 0 atom stereocenters. The summed E-state index contributed by atoms with van der Waals surface area (Å²) in [5.41, 5.74) is 4.31. The van der Waals surface area contributed by atoms with E-state index in [1.165, 1.54) is 0 Å². The number of nitriles is 1. The Labute approximate surface area is 155 Å². The van der Waals surface area contributed by atoms with E-state index in [1.807, 2.05) is 36.6 Å². The van der Waals surface area contributed by atoms with Gasteiger partial charge in [-0.15, -0.1) is 6.42 Å². The third-order valence-corrected chi connectivity index (χ3v) is 5.04. The zero-order valence-corrected chi connectivity index (χ0v) is 15.1. The van der Waals surface area contributed by atoms with Crippen LogP contribution in [0.3, 0.4) is 0 Å². The van der Waals surface area contributed by atoms with Crippen molar-refractivity contribution in [3.8, 4) is 24.1 Å². The summed E-state index contributed by atoms with van der Waals surface area (Å²) < 4.78 is 2.04. The molecule has 2 amide bonds. The van der Waals surface area contributed by atoms with Gasteiger partial charge in [0.05, 0.1) is 23.1 Å². The number of amides is 2. The Bertz CT molecular complexity index is 1020. The molecule has 0 saturated carbocycles. The van der Waals surface area contributed by atoms with Gasteiger partial charge in [-0.25, -0.2) is 0 Å². The van der Waals surface area contributed by atoms with E-state index in [2.05, 4.69) is 12.0 Å². The zero-order valence-electron chi connectivity index (χ0n) is 14.3. The van der Waals surface area contributed by atoms with Crippen molar-refractivity contribution in [2.45, 2.75) is 13.8 Å². The first-order chi connectivity index (χ1) is 12.5. The lowest BCUT2D eigenvalue weighted by Gasteiger charge is -2.09. The maximum atomic E-state index is 12.3. The summed E-state index contributed by atoms with van der Waals surface area (Å²) in [7, 11) is 0. The number of terminal acetylenes is 1. The first kappa shape index (κ1) is 17.6. The molecule has 5 nitrogen and oxygen atoms in total. The molecule has 0 bridgehead atoms. The Balaban J connectivity index is 1.98. The number of hydrogen-bond acceptors (Lipinski definition) is 4. The highest BCUT2D eigenvalue weighted by Crippen LogP contribution is 2.33. The van der Waals surface area contributed by atoms with Gasteiger partial charge in [-0.2, -0.15) is 5.26 Å². The molecule has 1 aromatic carbocycles. The summed E-state index contributed by atoms with van der Waals surface area (Å²) >= 11 is 0.899. The smallest absolute Gasteiger partial charge is 0.294 e. The second-order valence-corrected chi connectivity index (χ2v) is 6.79. The number of hydrogen-bond donors (Lipinski definition) is 0. The van der Waals surface area contributed by atoms with Crippen LogP contribution < -0.4 is 0 Å². The Kier molecular flexibility index (Phi) is 4.71. The Morgan fingerprint density at radius 3 is 2.54 bits per heavy atom. The van der Waals surface area contributed by atoms with Crippen molar-refractivity contribution in [2.75, 3.05) is 6.54 Å². The van der Waals surface area contributed by atoms with Crippen molar-refractivity contribution in [1.29, 1.82) is 5.26 Å². The van der Waals surface area contributed by atoms with Gasteiger partial charge in [0.1, 0.15) is 0 Å². The minimum Gasteiger partial charge on any atom is -0.318 e. The lowest BCUT2D eigenvalue weighted by molar-refractivity contribution is -0.122. The van der Waals surface area contributed by atoms with Gasteiger partial charge >= 0.3 is 0 Å². The van der Waals surface area contributed by atoms with Crippen LogP contribution in [0.4, 0.5) is 4.79 Å². The lowest BCUT2D eigenvalue weighted by atomic mass is 10.2. The summed E-state index contributed by atoms with van der Waals surface area (Å²) in [4.78, 5) is 25.7. The SMILES string of the molecule is C#CCN1C(=O)S/C(=C/c2cc(C)n(-c3ccc(C#N)cc3)c2C)C1=O. The molecule has 6 heteroatoms. The number of imide groups is 1. The van der Waals surface area contributed by atoms with Crippen LogP contribution in [0.2, 0.25) is 0 Å². The molecule has 1 aliphatic heterocycles. The third-order valence-electron chi connectivity index (χ3n) is 4.13. The van der Waals surface area contributed by atoms with E-state index in [0.717, 1.165) is 39.3 Å². The second kappa shape index (κ2) is 6.95. The average Bonchev–Trinajstić information content (AvgIpc) is 3.05. The normalized spacial score (nSPS) is 15.4. The number of benzene rings is 1. The standard InChI is InChI=1S/C20H15N3O2S/c1-4-9-22-19(24)18(26-20(22)25)11-16-10-13(2)23(14(16)3)17-7-5-15(12-21)6-8-17/h1,5-8,10-11H,9H2,2-3H3/b18-11+. The number of thioether (sulfide) groups is 1. The van der Waals surface area contributed by atoms with Crippen LogP contribution in [0.1, 0.15) is 22.5 Å². The van der Waals surface area contributed by atoms with Gasteiger partial charge in [0.25, 0.3) is 11.1 Å². The Morgan fingerprint density at radius 2 is 1.92 bits per heavy atom. The molecule has 26 heavy (non-hydrogen) atoms. The highest BCUT2D eigenvalue weighted by molar-refractivity contribution is 8.18. The molecule has 0 aliphatic carbocycles. The molecule has 0 radical (unpaired) electrons. The number of aryl methyl sites for hydroxylation is 1. The summed E-state index contributed by atoms with van der Waals surface area (Å²) in [6.45, 7) is 3.89. The van der Waals surface area contributed by atoms with E-state index in [0.29, 0.717) is 10.5 Å². The van der Waals surface area contributed by atoms with Crippen molar-refractivity contribution >= 4 is 29.0 Å². The van der Waals surface area contributed by atoms with Crippen LogP contribution in [-0.2, 0) is 4.79 Å². The van der Waals surface area contributed by atoms with Crippen LogP contribution in [0.15, 0.2) is 35.2 Å². The van der Waals surface area contributed by atoms with Gasteiger partial charge in [0.2, 0.25) is 0 Å². The summed E-state index contributed by atoms with van der Waals surface area (Å²) in [6.07, 6.45) is 6.94. The van der Waals surface area contributed by atoms with Gasteiger partial charge in [-0.1, -0.05) is 5.92 Å². The number of rotatable bonds is 3. The predicted molar refractivity (Wildman–Crippen MR) is 101 cm³/mol. The average molecular weight is 361 g/mol. The molecule has 0 N–H and O–H groups in total. The Morgan fingerprint density at radius 1 is 1.23 bits per heavy atom. The summed E-state index contributed by atoms with van der Waals surface area (Å²) in [6, 6.07) is 11.3. The molecule has 0 unspecified atom stereocenters. The van der Waals surface area contributed by atoms with Gasteiger partial charge in [0.15, 0.2) is 0 Å². The van der Waals surface area contributed by atoms with Crippen LogP contribution in [0.5, 0.6) is 0 Å². The van der Waals surface area contributed by atoms with Crippen LogP contribution >= 0.6 is 11.8 Å². The second-order valence-electron chi connectivity index (χ2n) is 5.79. The number of nitrogens with zero attached hydrogens (tertiary/aromatic N) is 3. The summed E-state index contributed by atoms with van der Waals surface area (Å²) in [5.74, 6) is 1.97. The lowest BCUT2D eigenvalue weighted by Crippen LogP contribution is -2.28. The fraction of sp³-hybridized carbons (Fsp3) is 0.150. The third kappa shape index (κ3) is 3.03. The molecule has 2 aromatic rings. The van der Waals surface area contributed by atoms with Gasteiger partial charge in [-0.05, 0) is 67.6 Å². The first-order valence-electron chi connectivity index (χ1n) is 7.84. The number of carbonyl (C=O) groups is 2. The maximum Gasteiger partial charge on any atom is 0.294 e. The molecule has 128 valence electrons. The first-order valence-corrected chi connectivity index (χ1v) is 8.66. The number of carbonyl (C=O) groups excluding carboxylic acids is 2. The highest BCUT2D eigenvalue weighted by Gasteiger charge is 2.34.